The van der Waals surface area contributed by atoms with Crippen LogP contribution in [-0.4, -0.2) is 25.3 Å². The molecule has 0 aliphatic heterocycles. The maximum absolute atomic E-state index is 12.4. The highest BCUT2D eigenvalue weighted by Crippen LogP contribution is 2.37. The molecule has 112 valence electrons. The smallest absolute Gasteiger partial charge is 0.258 e. The van der Waals surface area contributed by atoms with Crippen molar-refractivity contribution in [2.75, 3.05) is 7.11 Å². The van der Waals surface area contributed by atoms with Crippen LogP contribution in [0, 0.1) is 0 Å². The Balaban J connectivity index is 1.91. The van der Waals surface area contributed by atoms with Crippen LogP contribution in [0.25, 0.3) is 0 Å². The normalized spacial score (nSPS) is 17.7. The van der Waals surface area contributed by atoms with Gasteiger partial charge in [0.15, 0.2) is 5.03 Å². The zero-order valence-electron chi connectivity index (χ0n) is 11.9. The minimum absolute atomic E-state index is 0.166. The van der Waals surface area contributed by atoms with Gasteiger partial charge in [-0.3, -0.25) is 4.68 Å². The summed E-state index contributed by atoms with van der Waals surface area (Å²) in [4.78, 5) is 0. The van der Waals surface area contributed by atoms with E-state index in [-0.39, 0.29) is 11.1 Å². The Morgan fingerprint density at radius 3 is 2.86 bits per heavy atom. The molecule has 0 fully saturated rings. The fourth-order valence-corrected chi connectivity index (χ4v) is 4.18. The largest absolute Gasteiger partial charge is 0.496 e. The highest BCUT2D eigenvalue weighted by molar-refractivity contribution is 7.89. The average molecular weight is 307 g/mol. The summed E-state index contributed by atoms with van der Waals surface area (Å²) in [5.74, 6) is 0.815. The molecule has 1 aromatic heterocycles. The molecule has 2 aromatic rings. The number of aryl methyl sites for hydroxylation is 1. The number of aromatic nitrogens is 2. The molecule has 0 saturated carbocycles. The molecule has 0 spiro atoms. The fraction of sp³-hybridized carbons (Fsp3) is 0.357. The van der Waals surface area contributed by atoms with Crippen LogP contribution in [0.5, 0.6) is 5.75 Å². The Kier molecular flexibility index (Phi) is 3.46. The molecule has 0 radical (unpaired) electrons. The zero-order chi connectivity index (χ0) is 15.0. The number of ether oxygens (including phenoxy) is 1. The molecule has 1 aliphatic carbocycles. The third kappa shape index (κ3) is 2.43. The van der Waals surface area contributed by atoms with Crippen molar-refractivity contribution in [3.63, 3.8) is 0 Å². The molecule has 6 nitrogen and oxygen atoms in total. The topological polar surface area (TPSA) is 73.2 Å². The third-order valence-electron chi connectivity index (χ3n) is 3.80. The lowest BCUT2D eigenvalue weighted by atomic mass is 10.1. The number of hydrogen-bond acceptors (Lipinski definition) is 4. The van der Waals surface area contributed by atoms with E-state index >= 15 is 0 Å². The summed E-state index contributed by atoms with van der Waals surface area (Å²) in [5.41, 5.74) is 2.07. The molecule has 0 saturated heterocycles. The van der Waals surface area contributed by atoms with Crippen molar-refractivity contribution in [1.29, 1.82) is 0 Å². The SMILES string of the molecule is COc1cccc2c1CCC2NS(=O)(=O)c1ccnn1C. The van der Waals surface area contributed by atoms with Crippen LogP contribution >= 0.6 is 0 Å². The monoisotopic (exact) mass is 307 g/mol. The summed E-state index contributed by atoms with van der Waals surface area (Å²) in [6.45, 7) is 0. The number of nitrogens with zero attached hydrogens (tertiary/aromatic N) is 2. The minimum atomic E-state index is -3.58. The van der Waals surface area contributed by atoms with Gasteiger partial charge in [0.05, 0.1) is 13.3 Å². The van der Waals surface area contributed by atoms with E-state index in [0.29, 0.717) is 0 Å². The minimum Gasteiger partial charge on any atom is -0.496 e. The van der Waals surface area contributed by atoms with E-state index < -0.39 is 10.0 Å². The lowest BCUT2D eigenvalue weighted by Gasteiger charge is -2.15. The molecule has 1 atom stereocenters. The first-order valence-corrected chi connectivity index (χ1v) is 8.17. The van der Waals surface area contributed by atoms with Crippen molar-refractivity contribution < 1.29 is 13.2 Å². The Labute approximate surface area is 123 Å². The second-order valence-corrected chi connectivity index (χ2v) is 6.69. The van der Waals surface area contributed by atoms with E-state index in [1.54, 1.807) is 14.2 Å². The van der Waals surface area contributed by atoms with Crippen molar-refractivity contribution in [2.24, 2.45) is 7.05 Å². The molecule has 3 rings (SSSR count). The van der Waals surface area contributed by atoms with Crippen LogP contribution in [-0.2, 0) is 23.5 Å². The number of sulfonamides is 1. The highest BCUT2D eigenvalue weighted by Gasteiger charge is 2.30. The van der Waals surface area contributed by atoms with Crippen LogP contribution < -0.4 is 9.46 Å². The van der Waals surface area contributed by atoms with Gasteiger partial charge in [0, 0.05) is 13.1 Å². The van der Waals surface area contributed by atoms with Gasteiger partial charge in [-0.25, -0.2) is 13.1 Å². The maximum Gasteiger partial charge on any atom is 0.258 e. The van der Waals surface area contributed by atoms with Gasteiger partial charge >= 0.3 is 0 Å². The quantitative estimate of drug-likeness (QED) is 0.926. The van der Waals surface area contributed by atoms with Gasteiger partial charge in [0.2, 0.25) is 0 Å². The van der Waals surface area contributed by atoms with Crippen molar-refractivity contribution in [3.05, 3.63) is 41.6 Å². The summed E-state index contributed by atoms with van der Waals surface area (Å²) >= 11 is 0. The van der Waals surface area contributed by atoms with Gasteiger partial charge in [-0.1, -0.05) is 12.1 Å². The molecule has 21 heavy (non-hydrogen) atoms. The summed E-state index contributed by atoms with van der Waals surface area (Å²) in [6, 6.07) is 6.99. The molecule has 1 aliphatic rings. The fourth-order valence-electron chi connectivity index (χ4n) is 2.81. The van der Waals surface area contributed by atoms with Crippen LogP contribution in [0.4, 0.5) is 0 Å². The standard InChI is InChI=1S/C14H17N3O3S/c1-17-14(8-9-15-17)21(18,19)16-12-7-6-11-10(12)4-3-5-13(11)20-2/h3-5,8-9,12,16H,6-7H2,1-2H3. The van der Waals surface area contributed by atoms with E-state index in [1.165, 1.54) is 16.9 Å². The Hall–Kier alpha value is -1.86. The number of hydrogen-bond donors (Lipinski definition) is 1. The van der Waals surface area contributed by atoms with Crippen LogP contribution in [0.1, 0.15) is 23.6 Å². The summed E-state index contributed by atoms with van der Waals surface area (Å²) < 4.78 is 34.3. The van der Waals surface area contributed by atoms with E-state index in [2.05, 4.69) is 9.82 Å². The average Bonchev–Trinajstić information content (AvgIpc) is 3.05. The number of nitrogens with one attached hydrogen (secondary N) is 1. The van der Waals surface area contributed by atoms with Crippen molar-refractivity contribution in [3.8, 4) is 5.75 Å². The summed E-state index contributed by atoms with van der Waals surface area (Å²) in [5, 5.41) is 4.07. The van der Waals surface area contributed by atoms with E-state index in [9.17, 15) is 8.42 Å². The highest BCUT2D eigenvalue weighted by atomic mass is 32.2. The lowest BCUT2D eigenvalue weighted by Crippen LogP contribution is -2.29. The van der Waals surface area contributed by atoms with Gasteiger partial charge in [0.1, 0.15) is 5.75 Å². The number of benzene rings is 1. The molecule has 1 aromatic carbocycles. The predicted molar refractivity (Wildman–Crippen MR) is 77.6 cm³/mol. The van der Waals surface area contributed by atoms with Gasteiger partial charge in [-0.15, -0.1) is 0 Å². The molecular formula is C14H17N3O3S. The first-order chi connectivity index (χ1) is 10.0. The summed E-state index contributed by atoms with van der Waals surface area (Å²) in [7, 11) is -0.345. The maximum atomic E-state index is 12.4. The van der Waals surface area contributed by atoms with Crippen molar-refractivity contribution in [1.82, 2.24) is 14.5 Å². The molecule has 1 heterocycles. The Bertz CT molecular complexity index is 768. The van der Waals surface area contributed by atoms with Crippen LogP contribution in [0.3, 0.4) is 0 Å². The van der Waals surface area contributed by atoms with Crippen LogP contribution in [0.2, 0.25) is 0 Å². The first-order valence-electron chi connectivity index (χ1n) is 6.69. The van der Waals surface area contributed by atoms with Crippen molar-refractivity contribution in [2.45, 2.75) is 23.9 Å². The molecule has 1 N–H and O–H groups in total. The first kappa shape index (κ1) is 14.1. The number of rotatable bonds is 4. The van der Waals surface area contributed by atoms with E-state index in [1.807, 2.05) is 18.2 Å². The molecule has 0 amide bonds. The van der Waals surface area contributed by atoms with Gasteiger partial charge in [-0.05, 0) is 36.1 Å². The molecule has 7 heteroatoms. The second-order valence-electron chi connectivity index (χ2n) is 5.03. The van der Waals surface area contributed by atoms with E-state index in [0.717, 1.165) is 29.7 Å². The van der Waals surface area contributed by atoms with E-state index in [4.69, 9.17) is 4.74 Å². The molecule has 0 bridgehead atoms. The second kappa shape index (κ2) is 5.16. The van der Waals surface area contributed by atoms with Gasteiger partial charge in [0.25, 0.3) is 10.0 Å². The lowest BCUT2D eigenvalue weighted by molar-refractivity contribution is 0.410. The number of methoxy groups -OCH3 is 1. The van der Waals surface area contributed by atoms with Crippen LogP contribution in [0.15, 0.2) is 35.5 Å². The summed E-state index contributed by atoms with van der Waals surface area (Å²) in [6.07, 6.45) is 3.00. The Morgan fingerprint density at radius 2 is 2.19 bits per heavy atom. The van der Waals surface area contributed by atoms with Gasteiger partial charge < -0.3 is 4.74 Å². The Morgan fingerprint density at radius 1 is 1.38 bits per heavy atom. The zero-order valence-corrected chi connectivity index (χ0v) is 12.7. The number of fused-ring (bicyclic) bond motifs is 1. The van der Waals surface area contributed by atoms with Crippen molar-refractivity contribution >= 4 is 10.0 Å². The third-order valence-corrected chi connectivity index (χ3v) is 5.34. The van der Waals surface area contributed by atoms with Gasteiger partial charge in [-0.2, -0.15) is 5.10 Å². The molecular weight excluding hydrogens is 290 g/mol. The predicted octanol–water partition coefficient (Wildman–Crippen LogP) is 1.39. The molecule has 1 unspecified atom stereocenters.